The summed E-state index contributed by atoms with van der Waals surface area (Å²) in [5.74, 6) is 0.0448. The van der Waals surface area contributed by atoms with Crippen LogP contribution in [0.15, 0.2) is 34.0 Å². The van der Waals surface area contributed by atoms with Gasteiger partial charge in [0.15, 0.2) is 4.34 Å². The van der Waals surface area contributed by atoms with Gasteiger partial charge in [0.05, 0.1) is 5.25 Å². The third-order valence-electron chi connectivity index (χ3n) is 2.83. The highest BCUT2D eigenvalue weighted by molar-refractivity contribution is 8.02. The van der Waals surface area contributed by atoms with Gasteiger partial charge in [-0.15, -0.1) is 11.3 Å². The van der Waals surface area contributed by atoms with Crippen LogP contribution in [0.5, 0.6) is 0 Å². The number of carbonyl (C=O) groups is 1. The molecular weight excluding hydrogens is 288 g/mol. The first kappa shape index (κ1) is 15.1. The van der Waals surface area contributed by atoms with Crippen molar-refractivity contribution >= 4 is 29.0 Å². The van der Waals surface area contributed by atoms with Crippen molar-refractivity contribution in [3.63, 3.8) is 0 Å². The van der Waals surface area contributed by atoms with Crippen LogP contribution in [-0.4, -0.2) is 16.1 Å². The van der Waals surface area contributed by atoms with Gasteiger partial charge in [0.2, 0.25) is 5.91 Å². The normalized spacial score (nSPS) is 12.2. The predicted octanol–water partition coefficient (Wildman–Crippen LogP) is 3.56. The van der Waals surface area contributed by atoms with Gasteiger partial charge in [-0.2, -0.15) is 0 Å². The van der Waals surface area contributed by atoms with Gasteiger partial charge in [0, 0.05) is 17.6 Å². The molecule has 1 aromatic heterocycles. The Labute approximate surface area is 127 Å². The van der Waals surface area contributed by atoms with E-state index in [0.717, 1.165) is 15.6 Å². The van der Waals surface area contributed by atoms with Gasteiger partial charge >= 0.3 is 0 Å². The molecule has 0 saturated carbocycles. The largest absolute Gasteiger partial charge is 0.351 e. The maximum atomic E-state index is 12.0. The number of nitrogens with zero attached hydrogens (tertiary/aromatic N) is 1. The zero-order chi connectivity index (χ0) is 14.5. The van der Waals surface area contributed by atoms with E-state index in [-0.39, 0.29) is 11.2 Å². The van der Waals surface area contributed by atoms with E-state index in [0.29, 0.717) is 6.54 Å². The van der Waals surface area contributed by atoms with Crippen molar-refractivity contribution in [2.75, 3.05) is 0 Å². The molecule has 0 radical (unpaired) electrons. The van der Waals surface area contributed by atoms with Gasteiger partial charge in [-0.05, 0) is 26.3 Å². The van der Waals surface area contributed by atoms with Crippen LogP contribution >= 0.6 is 23.1 Å². The molecule has 1 unspecified atom stereocenters. The number of carbonyl (C=O) groups excluding carboxylic acids is 1. The molecule has 1 amide bonds. The molecule has 0 aliphatic rings. The van der Waals surface area contributed by atoms with E-state index in [9.17, 15) is 4.79 Å². The first-order valence-corrected chi connectivity index (χ1v) is 8.22. The summed E-state index contributed by atoms with van der Waals surface area (Å²) in [7, 11) is 0. The number of hydrogen-bond acceptors (Lipinski definition) is 4. The van der Waals surface area contributed by atoms with Gasteiger partial charge in [0.1, 0.15) is 0 Å². The number of thiazole rings is 1. The first-order valence-electron chi connectivity index (χ1n) is 6.46. The number of aryl methyl sites for hydroxylation is 2. The zero-order valence-electron chi connectivity index (χ0n) is 11.8. The summed E-state index contributed by atoms with van der Waals surface area (Å²) in [6.07, 6.45) is 0. The molecule has 0 saturated heterocycles. The summed E-state index contributed by atoms with van der Waals surface area (Å²) < 4.78 is 0.945. The molecule has 0 spiro atoms. The SMILES string of the molecule is Cc1ccc(CNC(=O)C(C)Sc2nc(C)cs2)cc1. The highest BCUT2D eigenvalue weighted by Crippen LogP contribution is 2.26. The predicted molar refractivity (Wildman–Crippen MR) is 85.2 cm³/mol. The molecule has 2 aromatic rings. The fourth-order valence-corrected chi connectivity index (χ4v) is 3.64. The fourth-order valence-electron chi connectivity index (χ4n) is 1.63. The lowest BCUT2D eigenvalue weighted by Crippen LogP contribution is -2.30. The quantitative estimate of drug-likeness (QED) is 0.859. The summed E-state index contributed by atoms with van der Waals surface area (Å²) in [5, 5.41) is 4.83. The second kappa shape index (κ2) is 6.90. The summed E-state index contributed by atoms with van der Waals surface area (Å²) in [4.78, 5) is 16.4. The lowest BCUT2D eigenvalue weighted by atomic mass is 10.1. The average molecular weight is 306 g/mol. The molecule has 0 bridgehead atoms. The van der Waals surface area contributed by atoms with Gasteiger partial charge in [-0.3, -0.25) is 4.79 Å². The fraction of sp³-hybridized carbons (Fsp3) is 0.333. The molecule has 0 aliphatic carbocycles. The van der Waals surface area contributed by atoms with Gasteiger partial charge in [0.25, 0.3) is 0 Å². The Morgan fingerprint density at radius 1 is 1.35 bits per heavy atom. The summed E-state index contributed by atoms with van der Waals surface area (Å²) in [6, 6.07) is 8.19. The van der Waals surface area contributed by atoms with Crippen LogP contribution in [0.3, 0.4) is 0 Å². The van der Waals surface area contributed by atoms with E-state index in [1.807, 2.05) is 31.4 Å². The average Bonchev–Trinajstić information content (AvgIpc) is 2.83. The van der Waals surface area contributed by atoms with Gasteiger partial charge < -0.3 is 5.32 Å². The van der Waals surface area contributed by atoms with Crippen LogP contribution in [0.25, 0.3) is 0 Å². The van der Waals surface area contributed by atoms with E-state index in [2.05, 4.69) is 29.4 Å². The molecule has 20 heavy (non-hydrogen) atoms. The van der Waals surface area contributed by atoms with Crippen molar-refractivity contribution in [2.24, 2.45) is 0 Å². The molecular formula is C15H18N2OS2. The minimum absolute atomic E-state index is 0.0448. The smallest absolute Gasteiger partial charge is 0.233 e. The van der Waals surface area contributed by atoms with Crippen molar-refractivity contribution in [1.82, 2.24) is 10.3 Å². The number of benzene rings is 1. The number of nitrogens with one attached hydrogen (secondary N) is 1. The van der Waals surface area contributed by atoms with E-state index >= 15 is 0 Å². The lowest BCUT2D eigenvalue weighted by Gasteiger charge is -2.10. The minimum atomic E-state index is -0.133. The minimum Gasteiger partial charge on any atom is -0.351 e. The molecule has 2 rings (SSSR count). The highest BCUT2D eigenvalue weighted by atomic mass is 32.2. The number of aromatic nitrogens is 1. The molecule has 0 fully saturated rings. The second-order valence-electron chi connectivity index (χ2n) is 4.72. The van der Waals surface area contributed by atoms with Crippen molar-refractivity contribution in [3.8, 4) is 0 Å². The maximum Gasteiger partial charge on any atom is 0.233 e. The first-order chi connectivity index (χ1) is 9.54. The molecule has 1 atom stereocenters. The number of rotatable bonds is 5. The Balaban J connectivity index is 1.83. The third kappa shape index (κ3) is 4.35. The van der Waals surface area contributed by atoms with Crippen LogP contribution in [0.4, 0.5) is 0 Å². The molecule has 3 nitrogen and oxygen atoms in total. The Bertz CT molecular complexity index is 578. The van der Waals surface area contributed by atoms with Crippen molar-refractivity contribution in [3.05, 3.63) is 46.5 Å². The Hall–Kier alpha value is -1.33. The van der Waals surface area contributed by atoms with E-state index in [1.165, 1.54) is 17.3 Å². The summed E-state index contributed by atoms with van der Waals surface area (Å²) in [6.45, 7) is 6.49. The second-order valence-corrected chi connectivity index (χ2v) is 7.16. The number of hydrogen-bond donors (Lipinski definition) is 1. The van der Waals surface area contributed by atoms with Crippen LogP contribution in [0.2, 0.25) is 0 Å². The Morgan fingerprint density at radius 3 is 2.65 bits per heavy atom. The monoisotopic (exact) mass is 306 g/mol. The molecule has 1 N–H and O–H groups in total. The van der Waals surface area contributed by atoms with Crippen molar-refractivity contribution in [1.29, 1.82) is 0 Å². The number of thioether (sulfide) groups is 1. The summed E-state index contributed by atoms with van der Waals surface area (Å²) in [5.41, 5.74) is 3.35. The van der Waals surface area contributed by atoms with Crippen LogP contribution in [0.1, 0.15) is 23.7 Å². The lowest BCUT2D eigenvalue weighted by molar-refractivity contribution is -0.120. The van der Waals surface area contributed by atoms with E-state index < -0.39 is 0 Å². The van der Waals surface area contributed by atoms with E-state index in [4.69, 9.17) is 0 Å². The third-order valence-corrected chi connectivity index (χ3v) is 5.02. The zero-order valence-corrected chi connectivity index (χ0v) is 13.5. The van der Waals surface area contributed by atoms with Crippen LogP contribution in [0, 0.1) is 13.8 Å². The van der Waals surface area contributed by atoms with E-state index in [1.54, 1.807) is 11.3 Å². The molecule has 5 heteroatoms. The molecule has 0 aliphatic heterocycles. The number of amides is 1. The highest BCUT2D eigenvalue weighted by Gasteiger charge is 2.15. The Morgan fingerprint density at radius 2 is 2.05 bits per heavy atom. The van der Waals surface area contributed by atoms with Crippen molar-refractivity contribution in [2.45, 2.75) is 36.9 Å². The van der Waals surface area contributed by atoms with Gasteiger partial charge in [-0.1, -0.05) is 41.6 Å². The maximum absolute atomic E-state index is 12.0. The Kier molecular flexibility index (Phi) is 5.20. The van der Waals surface area contributed by atoms with Gasteiger partial charge in [-0.25, -0.2) is 4.98 Å². The topological polar surface area (TPSA) is 42.0 Å². The van der Waals surface area contributed by atoms with Crippen molar-refractivity contribution < 1.29 is 4.79 Å². The summed E-state index contributed by atoms with van der Waals surface area (Å²) >= 11 is 3.09. The molecule has 1 heterocycles. The van der Waals surface area contributed by atoms with Crippen LogP contribution < -0.4 is 5.32 Å². The standard InChI is InChI=1S/C15H18N2OS2/c1-10-4-6-13(7-5-10)8-16-14(18)12(3)20-15-17-11(2)9-19-15/h4-7,9,12H,8H2,1-3H3,(H,16,18). The molecule has 1 aromatic carbocycles. The molecule has 106 valence electrons. The van der Waals surface area contributed by atoms with Crippen LogP contribution in [-0.2, 0) is 11.3 Å².